The van der Waals surface area contributed by atoms with Crippen molar-refractivity contribution in [2.24, 2.45) is 0 Å². The van der Waals surface area contributed by atoms with Crippen molar-refractivity contribution in [1.29, 1.82) is 0 Å². The Hall–Kier alpha value is -0.590. The van der Waals surface area contributed by atoms with Crippen LogP contribution in [0.5, 0.6) is 5.75 Å². The van der Waals surface area contributed by atoms with E-state index >= 15 is 0 Å². The molecule has 0 atom stereocenters. The first-order valence-corrected chi connectivity index (χ1v) is 7.36. The molecule has 18 heavy (non-hydrogen) atoms. The van der Waals surface area contributed by atoms with E-state index in [9.17, 15) is 4.79 Å². The number of rotatable bonds is 7. The monoisotopic (exact) mass is 379 g/mol. The molecular formula is C12H15Br2NO3. The molecule has 0 bridgehead atoms. The van der Waals surface area contributed by atoms with Crippen LogP contribution in [0.4, 0.5) is 0 Å². The molecule has 0 aromatic heterocycles. The standard InChI is InChI=1S/C12H15Br2NO3/c1-17-11-3-2-9(14)8-10(11)12(16)15-5-7-18-6-4-13/h2-3,8H,4-7H2,1H3,(H,15,16). The Labute approximate surface area is 123 Å². The molecule has 0 saturated heterocycles. The maximum atomic E-state index is 11.9. The Morgan fingerprint density at radius 3 is 2.83 bits per heavy atom. The molecule has 0 aliphatic carbocycles. The summed E-state index contributed by atoms with van der Waals surface area (Å²) in [6.45, 7) is 1.60. The van der Waals surface area contributed by atoms with E-state index in [1.54, 1.807) is 19.2 Å². The van der Waals surface area contributed by atoms with Gasteiger partial charge in [0.15, 0.2) is 0 Å². The van der Waals surface area contributed by atoms with Crippen LogP contribution < -0.4 is 10.1 Å². The van der Waals surface area contributed by atoms with Gasteiger partial charge in [-0.25, -0.2) is 0 Å². The number of ether oxygens (including phenoxy) is 2. The lowest BCUT2D eigenvalue weighted by molar-refractivity contribution is 0.0921. The van der Waals surface area contributed by atoms with E-state index in [-0.39, 0.29) is 5.91 Å². The summed E-state index contributed by atoms with van der Waals surface area (Å²) in [7, 11) is 1.54. The molecule has 1 amide bonds. The quantitative estimate of drug-likeness (QED) is 0.584. The zero-order chi connectivity index (χ0) is 13.4. The number of nitrogens with one attached hydrogen (secondary N) is 1. The van der Waals surface area contributed by atoms with Gasteiger partial charge in [0.25, 0.3) is 5.91 Å². The fourth-order valence-electron chi connectivity index (χ4n) is 1.35. The molecular weight excluding hydrogens is 366 g/mol. The number of carbonyl (C=O) groups excluding carboxylic acids is 1. The molecule has 0 radical (unpaired) electrons. The predicted molar refractivity (Wildman–Crippen MR) is 77.6 cm³/mol. The number of hydrogen-bond donors (Lipinski definition) is 1. The fraction of sp³-hybridized carbons (Fsp3) is 0.417. The lowest BCUT2D eigenvalue weighted by Crippen LogP contribution is -2.27. The second-order valence-electron chi connectivity index (χ2n) is 3.40. The summed E-state index contributed by atoms with van der Waals surface area (Å²) >= 11 is 6.59. The summed E-state index contributed by atoms with van der Waals surface area (Å²) < 4.78 is 11.2. The average Bonchev–Trinajstić information content (AvgIpc) is 2.38. The number of amides is 1. The molecule has 0 saturated carbocycles. The molecule has 4 nitrogen and oxygen atoms in total. The SMILES string of the molecule is COc1ccc(Br)cc1C(=O)NCCOCCBr. The van der Waals surface area contributed by atoms with Gasteiger partial charge >= 0.3 is 0 Å². The van der Waals surface area contributed by atoms with Crippen LogP contribution >= 0.6 is 31.9 Å². The number of alkyl halides is 1. The minimum absolute atomic E-state index is 0.171. The van der Waals surface area contributed by atoms with Gasteiger partial charge in [-0.3, -0.25) is 4.79 Å². The van der Waals surface area contributed by atoms with Crippen molar-refractivity contribution in [3.8, 4) is 5.75 Å². The zero-order valence-corrected chi connectivity index (χ0v) is 13.2. The zero-order valence-electron chi connectivity index (χ0n) is 10.0. The van der Waals surface area contributed by atoms with Crippen molar-refractivity contribution in [2.75, 3.05) is 32.2 Å². The van der Waals surface area contributed by atoms with Crippen molar-refractivity contribution >= 4 is 37.8 Å². The van der Waals surface area contributed by atoms with Crippen LogP contribution in [0.1, 0.15) is 10.4 Å². The van der Waals surface area contributed by atoms with Gasteiger partial charge in [-0.05, 0) is 18.2 Å². The summed E-state index contributed by atoms with van der Waals surface area (Å²) in [5.41, 5.74) is 0.507. The van der Waals surface area contributed by atoms with Crippen LogP contribution in [0.3, 0.4) is 0 Å². The minimum atomic E-state index is -0.171. The van der Waals surface area contributed by atoms with Gasteiger partial charge in [0, 0.05) is 16.3 Å². The van der Waals surface area contributed by atoms with Crippen LogP contribution in [-0.2, 0) is 4.74 Å². The smallest absolute Gasteiger partial charge is 0.255 e. The first-order valence-electron chi connectivity index (χ1n) is 5.44. The number of hydrogen-bond acceptors (Lipinski definition) is 3. The van der Waals surface area contributed by atoms with Crippen LogP contribution in [0, 0.1) is 0 Å². The molecule has 6 heteroatoms. The highest BCUT2D eigenvalue weighted by Gasteiger charge is 2.11. The Morgan fingerprint density at radius 2 is 2.17 bits per heavy atom. The number of halogens is 2. The number of carbonyl (C=O) groups is 1. The second-order valence-corrected chi connectivity index (χ2v) is 5.11. The molecule has 0 heterocycles. The third-order valence-electron chi connectivity index (χ3n) is 2.16. The van der Waals surface area contributed by atoms with Crippen molar-refractivity contribution < 1.29 is 14.3 Å². The third-order valence-corrected chi connectivity index (χ3v) is 2.98. The first-order chi connectivity index (χ1) is 8.69. The van der Waals surface area contributed by atoms with Gasteiger partial charge in [-0.2, -0.15) is 0 Å². The molecule has 0 aliphatic heterocycles. The van der Waals surface area contributed by atoms with E-state index in [2.05, 4.69) is 37.2 Å². The van der Waals surface area contributed by atoms with Crippen molar-refractivity contribution in [1.82, 2.24) is 5.32 Å². The van der Waals surface area contributed by atoms with Gasteiger partial charge in [0.05, 0.1) is 25.9 Å². The van der Waals surface area contributed by atoms with Crippen molar-refractivity contribution in [3.05, 3.63) is 28.2 Å². The Balaban J connectivity index is 2.52. The predicted octanol–water partition coefficient (Wildman–Crippen LogP) is 2.60. The normalized spacial score (nSPS) is 10.2. The van der Waals surface area contributed by atoms with E-state index < -0.39 is 0 Å². The Bertz CT molecular complexity index is 399. The van der Waals surface area contributed by atoms with Gasteiger partial charge in [0.2, 0.25) is 0 Å². The second kappa shape index (κ2) is 8.50. The van der Waals surface area contributed by atoms with E-state index in [4.69, 9.17) is 9.47 Å². The molecule has 100 valence electrons. The van der Waals surface area contributed by atoms with Crippen LogP contribution in [-0.4, -0.2) is 38.1 Å². The van der Waals surface area contributed by atoms with Gasteiger partial charge in [0.1, 0.15) is 5.75 Å². The largest absolute Gasteiger partial charge is 0.496 e. The molecule has 0 unspecified atom stereocenters. The Kier molecular flexibility index (Phi) is 7.31. The fourth-order valence-corrected chi connectivity index (χ4v) is 1.94. The van der Waals surface area contributed by atoms with Crippen molar-refractivity contribution in [2.45, 2.75) is 0 Å². The topological polar surface area (TPSA) is 47.6 Å². The molecule has 1 aromatic carbocycles. The first kappa shape index (κ1) is 15.5. The molecule has 0 fully saturated rings. The van der Waals surface area contributed by atoms with Gasteiger partial charge in [-0.15, -0.1) is 0 Å². The summed E-state index contributed by atoms with van der Waals surface area (Å²) in [4.78, 5) is 11.9. The van der Waals surface area contributed by atoms with Crippen molar-refractivity contribution in [3.63, 3.8) is 0 Å². The average molecular weight is 381 g/mol. The summed E-state index contributed by atoms with van der Waals surface area (Å²) in [6, 6.07) is 5.31. The molecule has 1 N–H and O–H groups in total. The molecule has 1 rings (SSSR count). The highest BCUT2D eigenvalue weighted by molar-refractivity contribution is 9.10. The molecule has 0 aliphatic rings. The maximum Gasteiger partial charge on any atom is 0.255 e. The van der Waals surface area contributed by atoms with Crippen LogP contribution in [0.25, 0.3) is 0 Å². The van der Waals surface area contributed by atoms with Crippen LogP contribution in [0.2, 0.25) is 0 Å². The summed E-state index contributed by atoms with van der Waals surface area (Å²) in [6.07, 6.45) is 0. The van der Waals surface area contributed by atoms with E-state index in [1.807, 2.05) is 6.07 Å². The summed E-state index contributed by atoms with van der Waals surface area (Å²) in [5, 5.41) is 3.57. The molecule has 0 spiro atoms. The lowest BCUT2D eigenvalue weighted by Gasteiger charge is -2.09. The lowest BCUT2D eigenvalue weighted by atomic mass is 10.2. The molecule has 1 aromatic rings. The maximum absolute atomic E-state index is 11.9. The highest BCUT2D eigenvalue weighted by Crippen LogP contribution is 2.22. The van der Waals surface area contributed by atoms with E-state index in [0.717, 1.165) is 9.80 Å². The Morgan fingerprint density at radius 1 is 1.39 bits per heavy atom. The number of methoxy groups -OCH3 is 1. The number of benzene rings is 1. The summed E-state index contributed by atoms with van der Waals surface area (Å²) in [5.74, 6) is 0.382. The van der Waals surface area contributed by atoms with Gasteiger partial charge < -0.3 is 14.8 Å². The third kappa shape index (κ3) is 4.96. The minimum Gasteiger partial charge on any atom is -0.496 e. The van der Waals surface area contributed by atoms with E-state index in [0.29, 0.717) is 31.1 Å². The van der Waals surface area contributed by atoms with E-state index in [1.165, 1.54) is 0 Å². The highest BCUT2D eigenvalue weighted by atomic mass is 79.9. The van der Waals surface area contributed by atoms with Crippen LogP contribution in [0.15, 0.2) is 22.7 Å². The van der Waals surface area contributed by atoms with Gasteiger partial charge in [-0.1, -0.05) is 31.9 Å².